The molecule has 0 unspecified atom stereocenters. The van der Waals surface area contributed by atoms with Gasteiger partial charge in [0.15, 0.2) is 0 Å². The van der Waals surface area contributed by atoms with E-state index in [0.29, 0.717) is 12.0 Å². The molecule has 1 amide bonds. The van der Waals surface area contributed by atoms with Crippen molar-refractivity contribution in [2.75, 3.05) is 19.7 Å². The lowest BCUT2D eigenvalue weighted by molar-refractivity contribution is -0.134. The van der Waals surface area contributed by atoms with Crippen LogP contribution in [0.4, 0.5) is 0 Å². The lowest BCUT2D eigenvalue weighted by Crippen LogP contribution is -2.40. The summed E-state index contributed by atoms with van der Waals surface area (Å²) in [5.41, 5.74) is 0. The average Bonchev–Trinajstić information content (AvgIpc) is 3.21. The summed E-state index contributed by atoms with van der Waals surface area (Å²) in [6.45, 7) is 4.88. The summed E-state index contributed by atoms with van der Waals surface area (Å²) in [5.74, 6) is 1.23. The topological polar surface area (TPSA) is 29.5 Å². The Morgan fingerprint density at radius 3 is 2.56 bits per heavy atom. The first kappa shape index (κ1) is 13.9. The van der Waals surface area contributed by atoms with Gasteiger partial charge in [-0.1, -0.05) is 26.2 Å². The molecule has 2 rings (SSSR count). The van der Waals surface area contributed by atoms with Gasteiger partial charge in [0, 0.05) is 26.1 Å². The van der Waals surface area contributed by atoms with Crippen LogP contribution < -0.4 is 0 Å². The predicted octanol–water partition coefficient (Wildman–Crippen LogP) is 2.98. The summed E-state index contributed by atoms with van der Waals surface area (Å²) in [6, 6.07) is 0. The molecule has 2 fully saturated rings. The van der Waals surface area contributed by atoms with Crippen LogP contribution in [0.5, 0.6) is 0 Å². The zero-order chi connectivity index (χ0) is 12.8. The van der Waals surface area contributed by atoms with Crippen molar-refractivity contribution in [2.24, 2.45) is 5.92 Å². The minimum atomic E-state index is 0.369. The van der Waals surface area contributed by atoms with Crippen LogP contribution in [-0.2, 0) is 9.53 Å². The number of hydrogen-bond acceptors (Lipinski definition) is 2. The summed E-state index contributed by atoms with van der Waals surface area (Å²) in [7, 11) is 0. The minimum Gasteiger partial charge on any atom is -0.378 e. The van der Waals surface area contributed by atoms with Crippen molar-refractivity contribution in [3.05, 3.63) is 0 Å². The molecule has 3 nitrogen and oxygen atoms in total. The Labute approximate surface area is 111 Å². The number of carbonyl (C=O) groups is 1. The molecule has 1 aliphatic carbocycles. The molecule has 0 atom stereocenters. The maximum absolute atomic E-state index is 12.0. The van der Waals surface area contributed by atoms with E-state index in [-0.39, 0.29) is 0 Å². The van der Waals surface area contributed by atoms with Crippen LogP contribution in [0.1, 0.15) is 58.3 Å². The summed E-state index contributed by atoms with van der Waals surface area (Å²) in [4.78, 5) is 14.0. The van der Waals surface area contributed by atoms with E-state index in [1.165, 1.54) is 19.3 Å². The van der Waals surface area contributed by atoms with Crippen LogP contribution in [0.2, 0.25) is 0 Å². The van der Waals surface area contributed by atoms with Gasteiger partial charge in [-0.05, 0) is 31.6 Å². The highest BCUT2D eigenvalue weighted by molar-refractivity contribution is 5.76. The standard InChI is InChI=1S/C15H27NO2/c1-2-3-12-18-14-8-10-16(11-9-14)15(17)7-6-13-4-5-13/h13-14H,2-12H2,1H3. The third-order valence-corrected chi connectivity index (χ3v) is 4.11. The number of unbranched alkanes of at least 4 members (excludes halogenated alkanes) is 1. The number of rotatable bonds is 7. The molecule has 1 saturated carbocycles. The number of amides is 1. The normalized spacial score (nSPS) is 21.3. The number of nitrogens with zero attached hydrogens (tertiary/aromatic N) is 1. The Bertz CT molecular complexity index is 255. The number of hydrogen-bond donors (Lipinski definition) is 0. The second-order valence-corrected chi connectivity index (χ2v) is 5.79. The Morgan fingerprint density at radius 1 is 1.22 bits per heavy atom. The van der Waals surface area contributed by atoms with Crippen molar-refractivity contribution in [3.8, 4) is 0 Å². The third-order valence-electron chi connectivity index (χ3n) is 4.11. The van der Waals surface area contributed by atoms with Crippen molar-refractivity contribution >= 4 is 5.91 Å². The van der Waals surface area contributed by atoms with Gasteiger partial charge in [-0.2, -0.15) is 0 Å². The van der Waals surface area contributed by atoms with Crippen molar-refractivity contribution < 1.29 is 9.53 Å². The average molecular weight is 253 g/mol. The van der Waals surface area contributed by atoms with E-state index in [9.17, 15) is 4.79 Å². The van der Waals surface area contributed by atoms with Crippen LogP contribution in [0.15, 0.2) is 0 Å². The van der Waals surface area contributed by atoms with Gasteiger partial charge in [-0.15, -0.1) is 0 Å². The molecule has 0 radical (unpaired) electrons. The molecule has 0 spiro atoms. The van der Waals surface area contributed by atoms with Gasteiger partial charge in [0.1, 0.15) is 0 Å². The van der Waals surface area contributed by atoms with Crippen LogP contribution >= 0.6 is 0 Å². The van der Waals surface area contributed by atoms with Gasteiger partial charge in [0.05, 0.1) is 6.10 Å². The van der Waals surface area contributed by atoms with E-state index in [4.69, 9.17) is 4.74 Å². The minimum absolute atomic E-state index is 0.369. The Hall–Kier alpha value is -0.570. The molecule has 2 aliphatic rings. The monoisotopic (exact) mass is 253 g/mol. The molecule has 104 valence electrons. The highest BCUT2D eigenvalue weighted by Gasteiger charge is 2.26. The lowest BCUT2D eigenvalue weighted by Gasteiger charge is -2.32. The molecule has 18 heavy (non-hydrogen) atoms. The van der Waals surface area contributed by atoms with Gasteiger partial charge in [0.2, 0.25) is 5.91 Å². The zero-order valence-electron chi connectivity index (χ0n) is 11.7. The molecule has 1 aliphatic heterocycles. The predicted molar refractivity (Wildman–Crippen MR) is 72.4 cm³/mol. The smallest absolute Gasteiger partial charge is 0.222 e. The van der Waals surface area contributed by atoms with Gasteiger partial charge in [-0.3, -0.25) is 4.79 Å². The Balaban J connectivity index is 1.58. The summed E-state index contributed by atoms with van der Waals surface area (Å²) in [6.07, 6.45) is 9.37. The first-order valence-corrected chi connectivity index (χ1v) is 7.69. The van der Waals surface area contributed by atoms with E-state index < -0.39 is 0 Å². The molecular weight excluding hydrogens is 226 g/mol. The molecule has 0 aromatic rings. The molecule has 1 heterocycles. The van der Waals surface area contributed by atoms with Crippen LogP contribution in [0.25, 0.3) is 0 Å². The van der Waals surface area contributed by atoms with E-state index >= 15 is 0 Å². The second kappa shape index (κ2) is 7.13. The summed E-state index contributed by atoms with van der Waals surface area (Å²) in [5, 5.41) is 0. The molecular formula is C15H27NO2. The Morgan fingerprint density at radius 2 is 1.94 bits per heavy atom. The molecule has 0 aromatic heterocycles. The van der Waals surface area contributed by atoms with Gasteiger partial charge in [-0.25, -0.2) is 0 Å². The fourth-order valence-electron chi connectivity index (χ4n) is 2.56. The Kier molecular flexibility index (Phi) is 5.48. The number of piperidine rings is 1. The van der Waals surface area contributed by atoms with Crippen molar-refractivity contribution in [1.82, 2.24) is 4.90 Å². The number of ether oxygens (including phenoxy) is 1. The maximum atomic E-state index is 12.0. The number of likely N-dealkylation sites (tertiary alicyclic amines) is 1. The highest BCUT2D eigenvalue weighted by Crippen LogP contribution is 2.33. The quantitative estimate of drug-likeness (QED) is 0.653. The second-order valence-electron chi connectivity index (χ2n) is 5.79. The van der Waals surface area contributed by atoms with Crippen molar-refractivity contribution in [1.29, 1.82) is 0 Å². The van der Waals surface area contributed by atoms with E-state index in [0.717, 1.165) is 57.7 Å². The molecule has 0 bridgehead atoms. The van der Waals surface area contributed by atoms with E-state index in [1.807, 2.05) is 4.90 Å². The van der Waals surface area contributed by atoms with Crippen molar-refractivity contribution in [3.63, 3.8) is 0 Å². The molecule has 0 aromatic carbocycles. The van der Waals surface area contributed by atoms with Crippen LogP contribution in [-0.4, -0.2) is 36.6 Å². The van der Waals surface area contributed by atoms with Crippen LogP contribution in [0.3, 0.4) is 0 Å². The fourth-order valence-corrected chi connectivity index (χ4v) is 2.56. The first-order valence-electron chi connectivity index (χ1n) is 7.69. The van der Waals surface area contributed by atoms with E-state index in [2.05, 4.69) is 6.92 Å². The summed E-state index contributed by atoms with van der Waals surface area (Å²) < 4.78 is 5.82. The van der Waals surface area contributed by atoms with E-state index in [1.54, 1.807) is 0 Å². The van der Waals surface area contributed by atoms with Crippen molar-refractivity contribution in [2.45, 2.75) is 64.4 Å². The molecule has 3 heteroatoms. The molecule has 0 N–H and O–H groups in total. The molecule has 1 saturated heterocycles. The third kappa shape index (κ3) is 4.60. The van der Waals surface area contributed by atoms with Crippen LogP contribution in [0, 0.1) is 5.92 Å². The largest absolute Gasteiger partial charge is 0.378 e. The summed E-state index contributed by atoms with van der Waals surface area (Å²) >= 11 is 0. The van der Waals surface area contributed by atoms with Gasteiger partial charge in [0.25, 0.3) is 0 Å². The zero-order valence-corrected chi connectivity index (χ0v) is 11.7. The van der Waals surface area contributed by atoms with Gasteiger partial charge < -0.3 is 9.64 Å². The fraction of sp³-hybridized carbons (Fsp3) is 0.933. The van der Waals surface area contributed by atoms with Gasteiger partial charge >= 0.3 is 0 Å². The SMILES string of the molecule is CCCCOC1CCN(C(=O)CCC2CC2)CC1. The highest BCUT2D eigenvalue weighted by atomic mass is 16.5. The lowest BCUT2D eigenvalue weighted by atomic mass is 10.1. The first-order chi connectivity index (χ1) is 8.79. The maximum Gasteiger partial charge on any atom is 0.222 e. The number of carbonyl (C=O) groups excluding carboxylic acids is 1.